The summed E-state index contributed by atoms with van der Waals surface area (Å²) in [4.78, 5) is 71.2. The number of hydrogen-bond donors (Lipinski definition) is 3. The van der Waals surface area contributed by atoms with Crippen LogP contribution in [0, 0.1) is 17.3 Å². The molecule has 3 N–H and O–H groups in total. The monoisotopic (exact) mass is 725 g/mol. The zero-order chi connectivity index (χ0) is 36.9. The van der Waals surface area contributed by atoms with E-state index in [4.69, 9.17) is 9.47 Å². The zero-order valence-electron chi connectivity index (χ0n) is 29.5. The molecule has 0 spiro atoms. The van der Waals surface area contributed by atoms with E-state index < -0.39 is 86.2 Å². The summed E-state index contributed by atoms with van der Waals surface area (Å²) >= 11 is 0. The topological polar surface area (TPSA) is 181 Å². The Morgan fingerprint density at radius 2 is 1.88 bits per heavy atom. The van der Waals surface area contributed by atoms with E-state index in [0.29, 0.717) is 32.4 Å². The molecular weight excluding hydrogens is 678 g/mol. The largest absolute Gasteiger partial charge is 0.449 e. The Labute approximate surface area is 298 Å². The van der Waals surface area contributed by atoms with Crippen LogP contribution in [0.25, 0.3) is 6.08 Å². The van der Waals surface area contributed by atoms with Crippen molar-refractivity contribution in [1.82, 2.24) is 25.2 Å². The molecule has 2 aliphatic carbocycles. The summed E-state index contributed by atoms with van der Waals surface area (Å²) in [6.07, 6.45) is 4.74. The lowest BCUT2D eigenvalue weighted by Gasteiger charge is -2.31. The van der Waals surface area contributed by atoms with Crippen LogP contribution in [-0.2, 0) is 47.0 Å². The van der Waals surface area contributed by atoms with Crippen molar-refractivity contribution in [3.63, 3.8) is 0 Å². The molecule has 1 aromatic rings. The van der Waals surface area contributed by atoms with E-state index in [0.717, 1.165) is 16.7 Å². The number of allylic oxidation sites excluding steroid dienone is 1. The van der Waals surface area contributed by atoms with Crippen molar-refractivity contribution >= 4 is 46.0 Å². The van der Waals surface area contributed by atoms with Crippen LogP contribution in [0.5, 0.6) is 0 Å². The molecule has 5 aliphatic rings. The van der Waals surface area contributed by atoms with E-state index >= 15 is 0 Å². The van der Waals surface area contributed by atoms with Gasteiger partial charge in [-0.3, -0.25) is 24.0 Å². The summed E-state index contributed by atoms with van der Waals surface area (Å²) in [5, 5.41) is 4.75. The first kappa shape index (κ1) is 36.4. The number of hydrogen-bond acceptors (Lipinski definition) is 9. The minimum Gasteiger partial charge on any atom is -0.449 e. The van der Waals surface area contributed by atoms with Crippen molar-refractivity contribution in [2.45, 2.75) is 102 Å². The maximum atomic E-state index is 14.2. The minimum atomic E-state index is -3.91. The van der Waals surface area contributed by atoms with Crippen molar-refractivity contribution in [3.05, 3.63) is 53.6 Å². The third-order valence-electron chi connectivity index (χ3n) is 10.4. The zero-order valence-corrected chi connectivity index (χ0v) is 30.3. The van der Waals surface area contributed by atoms with Crippen LogP contribution in [0.4, 0.5) is 9.59 Å². The fourth-order valence-electron chi connectivity index (χ4n) is 7.03. The molecule has 5 amide bonds. The van der Waals surface area contributed by atoms with Gasteiger partial charge in [-0.15, -0.1) is 6.58 Å². The van der Waals surface area contributed by atoms with Gasteiger partial charge in [-0.05, 0) is 48.3 Å². The molecule has 3 aliphatic heterocycles. The first-order valence-electron chi connectivity index (χ1n) is 17.5. The highest BCUT2D eigenvalue weighted by molar-refractivity contribution is 7.91. The summed E-state index contributed by atoms with van der Waals surface area (Å²) < 4.78 is 38.9. The van der Waals surface area contributed by atoms with Crippen LogP contribution >= 0.6 is 0 Å². The number of amides is 5. The van der Waals surface area contributed by atoms with Crippen LogP contribution in [0.15, 0.2) is 36.9 Å². The van der Waals surface area contributed by atoms with Gasteiger partial charge in [-0.1, -0.05) is 64.1 Å². The fourth-order valence-corrected chi connectivity index (χ4v) is 8.39. The van der Waals surface area contributed by atoms with Crippen molar-refractivity contribution in [2.24, 2.45) is 17.3 Å². The van der Waals surface area contributed by atoms with Crippen LogP contribution < -0.4 is 15.4 Å². The summed E-state index contributed by atoms with van der Waals surface area (Å²) in [6, 6.07) is 3.56. The molecule has 4 bridgehead atoms. The van der Waals surface area contributed by atoms with Gasteiger partial charge in [0.2, 0.25) is 21.8 Å². The van der Waals surface area contributed by atoms with E-state index in [-0.39, 0.29) is 26.0 Å². The van der Waals surface area contributed by atoms with E-state index in [1.807, 2.05) is 44.2 Å². The molecule has 3 heterocycles. The average Bonchev–Trinajstić information content (AvgIpc) is 3.96. The van der Waals surface area contributed by atoms with Gasteiger partial charge in [-0.25, -0.2) is 18.0 Å². The van der Waals surface area contributed by atoms with Crippen molar-refractivity contribution in [1.29, 1.82) is 0 Å². The van der Waals surface area contributed by atoms with Crippen LogP contribution in [0.1, 0.15) is 76.5 Å². The highest BCUT2D eigenvalue weighted by atomic mass is 32.2. The maximum absolute atomic E-state index is 14.2. The highest BCUT2D eigenvalue weighted by Gasteiger charge is 2.62. The predicted molar refractivity (Wildman–Crippen MR) is 186 cm³/mol. The molecule has 0 radical (unpaired) electrons. The molecule has 51 heavy (non-hydrogen) atoms. The Balaban J connectivity index is 1.28. The molecule has 276 valence electrons. The van der Waals surface area contributed by atoms with Gasteiger partial charge in [0.15, 0.2) is 0 Å². The maximum Gasteiger partial charge on any atom is 0.410 e. The molecule has 3 fully saturated rings. The van der Waals surface area contributed by atoms with Crippen LogP contribution in [0.2, 0.25) is 0 Å². The third kappa shape index (κ3) is 7.63. The Hall–Kier alpha value is -4.40. The highest BCUT2D eigenvalue weighted by Crippen LogP contribution is 2.45. The van der Waals surface area contributed by atoms with Gasteiger partial charge >= 0.3 is 12.2 Å². The van der Waals surface area contributed by atoms with Gasteiger partial charge in [0.25, 0.3) is 5.91 Å². The second-order valence-electron chi connectivity index (χ2n) is 15.5. The number of alkyl carbamates (subject to hydrolysis) is 1. The Morgan fingerprint density at radius 3 is 2.55 bits per heavy atom. The molecular formula is C36H47N5O9S. The quantitative estimate of drug-likeness (QED) is 0.356. The number of cyclic esters (lactones) is 1. The summed E-state index contributed by atoms with van der Waals surface area (Å²) in [5.41, 5.74) is 0.932. The minimum absolute atomic E-state index is 0.0765. The van der Waals surface area contributed by atoms with Crippen LogP contribution in [0.3, 0.4) is 0 Å². The number of benzene rings is 1. The Kier molecular flexibility index (Phi) is 9.72. The molecule has 15 heteroatoms. The van der Waals surface area contributed by atoms with Crippen LogP contribution in [-0.4, -0.2) is 90.3 Å². The Bertz CT molecular complexity index is 1770. The second kappa shape index (κ2) is 13.6. The number of ether oxygens (including phenoxy) is 2. The van der Waals surface area contributed by atoms with E-state index in [9.17, 15) is 32.4 Å². The van der Waals surface area contributed by atoms with Crippen molar-refractivity contribution in [2.75, 3.05) is 13.2 Å². The SMILES string of the molecule is C=C[C@@H]1C[C@]1(NC(=O)[C@@H]1C[C@@H]2CN1C(=O)[C@H](C(C)C)NC(=O)OCC(C)(C)CC=Cc1cccc3c1CN(C3)C(=O)O2)C(=O)NS(=O)(=O)C1CC1. The average molecular weight is 726 g/mol. The number of fused-ring (bicyclic) bond motifs is 3. The summed E-state index contributed by atoms with van der Waals surface area (Å²) in [6.45, 7) is 11.7. The smallest absolute Gasteiger partial charge is 0.410 e. The van der Waals surface area contributed by atoms with E-state index in [1.165, 1.54) is 11.0 Å². The van der Waals surface area contributed by atoms with E-state index in [1.54, 1.807) is 18.7 Å². The summed E-state index contributed by atoms with van der Waals surface area (Å²) in [7, 11) is -3.91. The molecule has 2 saturated carbocycles. The molecule has 1 aromatic carbocycles. The second-order valence-corrected chi connectivity index (χ2v) is 17.4. The van der Waals surface area contributed by atoms with Crippen molar-refractivity contribution in [3.8, 4) is 0 Å². The number of sulfonamides is 1. The number of nitrogens with one attached hydrogen (secondary N) is 3. The lowest BCUT2D eigenvalue weighted by molar-refractivity contribution is -0.141. The molecule has 0 aromatic heterocycles. The molecule has 0 unspecified atom stereocenters. The number of carbonyl (C=O) groups excluding carboxylic acids is 5. The van der Waals surface area contributed by atoms with Gasteiger partial charge in [0.1, 0.15) is 23.7 Å². The van der Waals surface area contributed by atoms with Crippen molar-refractivity contribution < 1.29 is 41.9 Å². The van der Waals surface area contributed by atoms with Gasteiger partial charge in [-0.2, -0.15) is 0 Å². The standard InChI is InChI=1S/C36H47N5O9S/c1-6-24-16-36(24,32(44)39-51(47,48)26-12-13-26)38-30(42)28-15-25-18-41(28)31(43)29(21(2)3)37-33(45)49-20-35(4,5)14-8-11-22-9-7-10-23-17-40(19-27(22)23)34(46)50-25/h6-11,21,24-26,28-29H,1,12-20H2,2-5H3,(H,37,45)(H,38,42)(H,39,44)/t24-,25-,28+,29+,36-/m1/s1. The lowest BCUT2D eigenvalue weighted by Crippen LogP contribution is -2.59. The molecule has 5 atom stereocenters. The number of rotatable bonds is 7. The molecule has 6 rings (SSSR count). The Morgan fingerprint density at radius 1 is 1.14 bits per heavy atom. The van der Waals surface area contributed by atoms with Gasteiger partial charge < -0.3 is 25.0 Å². The first-order chi connectivity index (χ1) is 24.0. The predicted octanol–water partition coefficient (Wildman–Crippen LogP) is 2.97. The number of nitrogens with zero attached hydrogens (tertiary/aromatic N) is 2. The fraction of sp³-hybridized carbons (Fsp3) is 0.583. The lowest BCUT2D eigenvalue weighted by atomic mass is 9.90. The number of carbonyl (C=O) groups is 5. The normalized spacial score (nSPS) is 29.2. The van der Waals surface area contributed by atoms with E-state index in [2.05, 4.69) is 21.9 Å². The van der Waals surface area contributed by atoms with Gasteiger partial charge in [0, 0.05) is 24.3 Å². The molecule has 1 saturated heterocycles. The van der Waals surface area contributed by atoms with Gasteiger partial charge in [0.05, 0.1) is 24.9 Å². The summed E-state index contributed by atoms with van der Waals surface area (Å²) in [5.74, 6) is -3.14. The molecule has 14 nitrogen and oxygen atoms in total. The third-order valence-corrected chi connectivity index (χ3v) is 12.2. The first-order valence-corrected chi connectivity index (χ1v) is 19.1.